The minimum atomic E-state index is -0.313. The summed E-state index contributed by atoms with van der Waals surface area (Å²) in [5.74, 6) is -0.313. The number of halogens is 1. The van der Waals surface area contributed by atoms with Crippen molar-refractivity contribution in [3.8, 4) is 17.3 Å². The molecular weight excluding hydrogens is 389 g/mol. The van der Waals surface area contributed by atoms with Crippen molar-refractivity contribution in [2.75, 3.05) is 6.61 Å². The summed E-state index contributed by atoms with van der Waals surface area (Å²) in [5.41, 5.74) is 2.11. The van der Waals surface area contributed by atoms with Crippen LogP contribution in [0.4, 0.5) is 4.39 Å². The SMILES string of the molecule is N#Cc1c(-c2ccn[nH]2)c(CCCCO)c(F)c2cc3cc4ccccc4cc3cc12. The van der Waals surface area contributed by atoms with Gasteiger partial charge in [0.05, 0.1) is 11.3 Å². The molecule has 0 bridgehead atoms. The van der Waals surface area contributed by atoms with Crippen molar-refractivity contribution < 1.29 is 9.50 Å². The maximum atomic E-state index is 15.9. The second-order valence-corrected chi connectivity index (χ2v) is 7.75. The summed E-state index contributed by atoms with van der Waals surface area (Å²) in [6, 6.07) is 20.0. The van der Waals surface area contributed by atoms with Gasteiger partial charge in [0.1, 0.15) is 11.9 Å². The Morgan fingerprint density at radius 3 is 2.26 bits per heavy atom. The van der Waals surface area contributed by atoms with E-state index >= 15 is 4.39 Å². The van der Waals surface area contributed by atoms with Crippen LogP contribution in [-0.2, 0) is 6.42 Å². The van der Waals surface area contributed by atoms with E-state index in [0.717, 1.165) is 21.5 Å². The number of nitrogens with one attached hydrogen (secondary N) is 1. The second-order valence-electron chi connectivity index (χ2n) is 7.75. The smallest absolute Gasteiger partial charge is 0.135 e. The van der Waals surface area contributed by atoms with E-state index in [1.54, 1.807) is 12.3 Å². The van der Waals surface area contributed by atoms with Crippen LogP contribution < -0.4 is 0 Å². The molecule has 0 spiro atoms. The molecular formula is C26H20FN3O. The van der Waals surface area contributed by atoms with Crippen LogP contribution >= 0.6 is 0 Å². The lowest BCUT2D eigenvalue weighted by molar-refractivity contribution is 0.284. The molecule has 5 heteroatoms. The summed E-state index contributed by atoms with van der Waals surface area (Å²) < 4.78 is 15.9. The number of nitrogens with zero attached hydrogens (tertiary/aromatic N) is 2. The fourth-order valence-electron chi connectivity index (χ4n) is 4.40. The number of benzene rings is 4. The predicted octanol–water partition coefficient (Wildman–Crippen LogP) is 5.86. The number of unbranched alkanes of at least 4 members (excludes halogenated alkanes) is 1. The van der Waals surface area contributed by atoms with Crippen LogP contribution in [0.2, 0.25) is 0 Å². The first-order chi connectivity index (χ1) is 15.2. The molecule has 0 fully saturated rings. The molecule has 0 aliphatic heterocycles. The average molecular weight is 409 g/mol. The summed E-state index contributed by atoms with van der Waals surface area (Å²) >= 11 is 0. The van der Waals surface area contributed by atoms with Crippen molar-refractivity contribution in [1.29, 1.82) is 5.26 Å². The van der Waals surface area contributed by atoms with E-state index in [9.17, 15) is 10.4 Å². The van der Waals surface area contributed by atoms with E-state index in [2.05, 4.69) is 28.4 Å². The molecule has 0 saturated carbocycles. The van der Waals surface area contributed by atoms with E-state index in [4.69, 9.17) is 0 Å². The molecule has 4 aromatic carbocycles. The zero-order chi connectivity index (χ0) is 21.4. The monoisotopic (exact) mass is 409 g/mol. The summed E-state index contributed by atoms with van der Waals surface area (Å²) in [5, 5.41) is 31.3. The number of aliphatic hydroxyl groups is 1. The fourth-order valence-corrected chi connectivity index (χ4v) is 4.40. The minimum absolute atomic E-state index is 0.0530. The standard InChI is InChI=1S/C26H20FN3O/c27-26-20(7-3-4-10-31)25(24-8-9-29-30-24)23(15-28)21-13-18-11-16-5-1-2-6-17(16)12-19(18)14-22(21)26/h1-2,5-6,8-9,11-14,31H,3-4,7,10H2,(H,29,30). The number of aromatic nitrogens is 2. The summed E-state index contributed by atoms with van der Waals surface area (Å²) in [4.78, 5) is 0. The normalized spacial score (nSPS) is 11.4. The van der Waals surface area contributed by atoms with Gasteiger partial charge >= 0.3 is 0 Å². The number of aliphatic hydroxyl groups excluding tert-OH is 1. The molecule has 0 unspecified atom stereocenters. The highest BCUT2D eigenvalue weighted by atomic mass is 19.1. The van der Waals surface area contributed by atoms with Crippen LogP contribution in [0.3, 0.4) is 0 Å². The Kier molecular flexibility index (Phi) is 4.85. The summed E-state index contributed by atoms with van der Waals surface area (Å²) in [7, 11) is 0. The molecule has 2 N–H and O–H groups in total. The Morgan fingerprint density at radius 2 is 1.65 bits per heavy atom. The third kappa shape index (κ3) is 3.22. The molecule has 31 heavy (non-hydrogen) atoms. The van der Waals surface area contributed by atoms with Gasteiger partial charge in [0, 0.05) is 29.1 Å². The van der Waals surface area contributed by atoms with Gasteiger partial charge in [-0.3, -0.25) is 5.10 Å². The Hall–Kier alpha value is -3.75. The first-order valence-corrected chi connectivity index (χ1v) is 10.3. The molecule has 1 aromatic heterocycles. The molecule has 1 heterocycles. The summed E-state index contributed by atoms with van der Waals surface area (Å²) in [6.07, 6.45) is 3.23. The highest BCUT2D eigenvalue weighted by Gasteiger charge is 2.22. The number of hydrogen-bond acceptors (Lipinski definition) is 3. The quantitative estimate of drug-likeness (QED) is 0.282. The van der Waals surface area contributed by atoms with Gasteiger partial charge in [0.2, 0.25) is 0 Å². The van der Waals surface area contributed by atoms with E-state index in [1.807, 2.05) is 36.4 Å². The second kappa shape index (κ2) is 7.82. The predicted molar refractivity (Wildman–Crippen MR) is 121 cm³/mol. The number of rotatable bonds is 5. The van der Waals surface area contributed by atoms with Crippen LogP contribution in [-0.4, -0.2) is 21.9 Å². The van der Waals surface area contributed by atoms with Gasteiger partial charge in [-0.15, -0.1) is 0 Å². The number of aromatic amines is 1. The van der Waals surface area contributed by atoms with Gasteiger partial charge < -0.3 is 5.11 Å². The fraction of sp³-hybridized carbons (Fsp3) is 0.154. The molecule has 0 saturated heterocycles. The Morgan fingerprint density at radius 1 is 0.935 bits per heavy atom. The van der Waals surface area contributed by atoms with E-state index in [0.29, 0.717) is 52.4 Å². The lowest BCUT2D eigenvalue weighted by Crippen LogP contribution is -2.02. The first kappa shape index (κ1) is 19.2. The van der Waals surface area contributed by atoms with Gasteiger partial charge in [-0.25, -0.2) is 4.39 Å². The average Bonchev–Trinajstić information content (AvgIpc) is 3.32. The van der Waals surface area contributed by atoms with Gasteiger partial charge in [-0.1, -0.05) is 24.3 Å². The first-order valence-electron chi connectivity index (χ1n) is 10.3. The lowest BCUT2D eigenvalue weighted by atomic mass is 9.88. The Labute approximate surface area is 178 Å². The van der Waals surface area contributed by atoms with Crippen LogP contribution in [0, 0.1) is 17.1 Å². The number of hydrogen-bond donors (Lipinski definition) is 2. The zero-order valence-electron chi connectivity index (χ0n) is 16.8. The van der Waals surface area contributed by atoms with Crippen LogP contribution in [0.15, 0.2) is 60.8 Å². The molecule has 5 aromatic rings. The minimum Gasteiger partial charge on any atom is -0.396 e. The van der Waals surface area contributed by atoms with Gasteiger partial charge in [-0.2, -0.15) is 10.4 Å². The number of H-pyrrole nitrogens is 1. The third-order valence-electron chi connectivity index (χ3n) is 5.88. The van der Waals surface area contributed by atoms with Gasteiger partial charge in [0.25, 0.3) is 0 Å². The molecule has 4 nitrogen and oxygen atoms in total. The van der Waals surface area contributed by atoms with Crippen molar-refractivity contribution in [3.63, 3.8) is 0 Å². The van der Waals surface area contributed by atoms with E-state index in [-0.39, 0.29) is 12.4 Å². The molecule has 0 amide bonds. The molecule has 0 atom stereocenters. The maximum Gasteiger partial charge on any atom is 0.135 e. The van der Waals surface area contributed by atoms with Crippen molar-refractivity contribution >= 4 is 32.3 Å². The molecule has 0 aliphatic carbocycles. The van der Waals surface area contributed by atoms with E-state index < -0.39 is 0 Å². The van der Waals surface area contributed by atoms with Crippen molar-refractivity contribution in [1.82, 2.24) is 10.2 Å². The molecule has 152 valence electrons. The van der Waals surface area contributed by atoms with E-state index in [1.165, 1.54) is 0 Å². The number of fused-ring (bicyclic) bond motifs is 3. The molecule has 0 aliphatic rings. The topological polar surface area (TPSA) is 72.7 Å². The number of nitriles is 1. The maximum absolute atomic E-state index is 15.9. The lowest BCUT2D eigenvalue weighted by Gasteiger charge is -2.16. The van der Waals surface area contributed by atoms with Crippen molar-refractivity contribution in [2.45, 2.75) is 19.3 Å². The molecule has 0 radical (unpaired) electrons. The Bertz CT molecular complexity index is 1470. The third-order valence-corrected chi connectivity index (χ3v) is 5.88. The van der Waals surface area contributed by atoms with Crippen LogP contribution in [0.1, 0.15) is 24.0 Å². The van der Waals surface area contributed by atoms with Crippen molar-refractivity contribution in [2.24, 2.45) is 0 Å². The van der Waals surface area contributed by atoms with Crippen LogP contribution in [0.5, 0.6) is 0 Å². The van der Waals surface area contributed by atoms with Crippen molar-refractivity contribution in [3.05, 3.63) is 77.7 Å². The Balaban J connectivity index is 1.87. The largest absolute Gasteiger partial charge is 0.396 e. The highest BCUT2D eigenvalue weighted by Crippen LogP contribution is 2.38. The van der Waals surface area contributed by atoms with Gasteiger partial charge in [-0.05, 0) is 76.7 Å². The summed E-state index contributed by atoms with van der Waals surface area (Å²) in [6.45, 7) is 0.0530. The van der Waals surface area contributed by atoms with Gasteiger partial charge in [0.15, 0.2) is 0 Å². The zero-order valence-corrected chi connectivity index (χ0v) is 16.8. The molecule has 5 rings (SSSR count). The van der Waals surface area contributed by atoms with Crippen LogP contribution in [0.25, 0.3) is 43.6 Å². The highest BCUT2D eigenvalue weighted by molar-refractivity contribution is 6.08.